The first-order valence-corrected chi connectivity index (χ1v) is 10.0. The molecule has 2 aromatic rings. The summed E-state index contributed by atoms with van der Waals surface area (Å²) in [4.78, 5) is 30.7. The van der Waals surface area contributed by atoms with E-state index >= 15 is 0 Å². The Hall–Kier alpha value is -2.41. The van der Waals surface area contributed by atoms with Crippen LogP contribution in [-0.2, 0) is 22.6 Å². The van der Waals surface area contributed by atoms with Gasteiger partial charge in [0.25, 0.3) is 0 Å². The fourth-order valence-corrected chi connectivity index (χ4v) is 3.87. The van der Waals surface area contributed by atoms with E-state index < -0.39 is 0 Å². The zero-order valence-electron chi connectivity index (χ0n) is 15.7. The van der Waals surface area contributed by atoms with Crippen LogP contribution in [0, 0.1) is 12.8 Å². The second-order valence-corrected chi connectivity index (χ2v) is 7.75. The van der Waals surface area contributed by atoms with Crippen molar-refractivity contribution in [3.63, 3.8) is 0 Å². The first-order valence-electron chi connectivity index (χ1n) is 9.17. The molecule has 2 heterocycles. The number of likely N-dealkylation sites (tertiary alicyclic amines) is 1. The van der Waals surface area contributed by atoms with Gasteiger partial charge in [-0.2, -0.15) is 0 Å². The SMILES string of the molecule is CNC(=O)[C@@H]1CCCN(C(=O)Cc2csc(COc3ccc(C)cc3)n2)C1. The molecule has 2 amide bonds. The summed E-state index contributed by atoms with van der Waals surface area (Å²) in [5.41, 5.74) is 1.95. The quantitative estimate of drug-likeness (QED) is 0.827. The van der Waals surface area contributed by atoms with Gasteiger partial charge in [0.1, 0.15) is 17.4 Å². The molecule has 1 aromatic carbocycles. The number of piperidine rings is 1. The summed E-state index contributed by atoms with van der Waals surface area (Å²) in [6.07, 6.45) is 1.96. The Morgan fingerprint density at radius 2 is 2.11 bits per heavy atom. The minimum atomic E-state index is -0.110. The van der Waals surface area contributed by atoms with Gasteiger partial charge in [-0.15, -0.1) is 11.3 Å². The van der Waals surface area contributed by atoms with E-state index in [-0.39, 0.29) is 24.2 Å². The number of hydrogen-bond donors (Lipinski definition) is 1. The monoisotopic (exact) mass is 387 g/mol. The lowest BCUT2D eigenvalue weighted by Crippen LogP contribution is -2.45. The van der Waals surface area contributed by atoms with Crippen LogP contribution in [0.15, 0.2) is 29.6 Å². The van der Waals surface area contributed by atoms with Crippen LogP contribution >= 0.6 is 11.3 Å². The topological polar surface area (TPSA) is 71.5 Å². The highest BCUT2D eigenvalue weighted by Crippen LogP contribution is 2.19. The van der Waals surface area contributed by atoms with Crippen LogP contribution in [0.5, 0.6) is 5.75 Å². The molecule has 0 aliphatic carbocycles. The predicted molar refractivity (Wildman–Crippen MR) is 105 cm³/mol. The van der Waals surface area contributed by atoms with E-state index in [9.17, 15) is 9.59 Å². The van der Waals surface area contributed by atoms with Crippen molar-refractivity contribution in [2.24, 2.45) is 5.92 Å². The van der Waals surface area contributed by atoms with Crippen LogP contribution in [0.25, 0.3) is 0 Å². The van der Waals surface area contributed by atoms with Crippen molar-refractivity contribution in [2.45, 2.75) is 32.8 Å². The number of hydrogen-bond acceptors (Lipinski definition) is 5. The lowest BCUT2D eigenvalue weighted by atomic mass is 9.97. The van der Waals surface area contributed by atoms with Crippen molar-refractivity contribution in [3.8, 4) is 5.75 Å². The maximum absolute atomic E-state index is 12.6. The van der Waals surface area contributed by atoms with Gasteiger partial charge in [0.2, 0.25) is 11.8 Å². The van der Waals surface area contributed by atoms with E-state index in [0.29, 0.717) is 19.7 Å². The Kier molecular flexibility index (Phi) is 6.45. The molecule has 0 saturated carbocycles. The van der Waals surface area contributed by atoms with Crippen molar-refractivity contribution in [2.75, 3.05) is 20.1 Å². The van der Waals surface area contributed by atoms with Crippen LogP contribution in [0.2, 0.25) is 0 Å². The summed E-state index contributed by atoms with van der Waals surface area (Å²) >= 11 is 1.50. The normalized spacial score (nSPS) is 16.8. The highest BCUT2D eigenvalue weighted by atomic mass is 32.1. The highest BCUT2D eigenvalue weighted by molar-refractivity contribution is 7.09. The molecule has 3 rings (SSSR count). The van der Waals surface area contributed by atoms with Crippen molar-refractivity contribution >= 4 is 23.2 Å². The zero-order chi connectivity index (χ0) is 19.2. The molecule has 27 heavy (non-hydrogen) atoms. The molecule has 1 fully saturated rings. The van der Waals surface area contributed by atoms with E-state index in [0.717, 1.165) is 29.3 Å². The zero-order valence-corrected chi connectivity index (χ0v) is 16.6. The second kappa shape index (κ2) is 8.99. The molecule has 0 spiro atoms. The van der Waals surface area contributed by atoms with Gasteiger partial charge >= 0.3 is 0 Å². The number of amides is 2. The van der Waals surface area contributed by atoms with Gasteiger partial charge in [0.05, 0.1) is 18.0 Å². The molecule has 0 radical (unpaired) electrons. The Bertz CT molecular complexity index is 788. The standard InChI is InChI=1S/C20H25N3O3S/c1-14-5-7-17(8-6-14)26-12-18-22-16(13-27-18)10-19(24)23-9-3-4-15(11-23)20(25)21-2/h5-8,13,15H,3-4,9-12H2,1-2H3,(H,21,25)/t15-/m1/s1. The Balaban J connectivity index is 1.51. The number of nitrogens with one attached hydrogen (secondary N) is 1. The maximum Gasteiger partial charge on any atom is 0.228 e. The van der Waals surface area contributed by atoms with E-state index in [1.54, 1.807) is 11.9 Å². The van der Waals surface area contributed by atoms with Gasteiger partial charge < -0.3 is 15.0 Å². The lowest BCUT2D eigenvalue weighted by Gasteiger charge is -2.31. The van der Waals surface area contributed by atoms with Gasteiger partial charge in [-0.05, 0) is 31.9 Å². The fraction of sp³-hybridized carbons (Fsp3) is 0.450. The molecule has 7 heteroatoms. The maximum atomic E-state index is 12.6. The first-order chi connectivity index (χ1) is 13.0. The summed E-state index contributed by atoms with van der Waals surface area (Å²) < 4.78 is 5.74. The third-order valence-corrected chi connectivity index (χ3v) is 5.58. The second-order valence-electron chi connectivity index (χ2n) is 6.80. The van der Waals surface area contributed by atoms with Gasteiger partial charge in [0.15, 0.2) is 0 Å². The van der Waals surface area contributed by atoms with Crippen molar-refractivity contribution in [1.29, 1.82) is 0 Å². The van der Waals surface area contributed by atoms with Crippen LogP contribution in [0.1, 0.15) is 29.1 Å². The molecule has 0 bridgehead atoms. The molecule has 1 atom stereocenters. The number of carbonyl (C=O) groups is 2. The minimum Gasteiger partial charge on any atom is -0.486 e. The summed E-state index contributed by atoms with van der Waals surface area (Å²) in [6.45, 7) is 3.63. The molecular formula is C20H25N3O3S. The molecule has 1 N–H and O–H groups in total. The van der Waals surface area contributed by atoms with Gasteiger partial charge in [-0.25, -0.2) is 4.98 Å². The molecule has 0 unspecified atom stereocenters. The van der Waals surface area contributed by atoms with Gasteiger partial charge in [-0.1, -0.05) is 17.7 Å². The summed E-state index contributed by atoms with van der Waals surface area (Å²) in [6, 6.07) is 7.89. The van der Waals surface area contributed by atoms with Crippen LogP contribution in [0.4, 0.5) is 0 Å². The van der Waals surface area contributed by atoms with Crippen molar-refractivity contribution < 1.29 is 14.3 Å². The number of aromatic nitrogens is 1. The Morgan fingerprint density at radius 1 is 1.33 bits per heavy atom. The smallest absolute Gasteiger partial charge is 0.228 e. The van der Waals surface area contributed by atoms with Crippen molar-refractivity contribution in [1.82, 2.24) is 15.2 Å². The third kappa shape index (κ3) is 5.29. The Labute approximate surface area is 163 Å². The van der Waals surface area contributed by atoms with Crippen molar-refractivity contribution in [3.05, 3.63) is 45.9 Å². The number of aryl methyl sites for hydroxylation is 1. The van der Waals surface area contributed by atoms with E-state index in [4.69, 9.17) is 4.74 Å². The van der Waals surface area contributed by atoms with Crippen LogP contribution in [0.3, 0.4) is 0 Å². The number of nitrogens with zero attached hydrogens (tertiary/aromatic N) is 2. The van der Waals surface area contributed by atoms with E-state index in [2.05, 4.69) is 10.3 Å². The molecule has 1 saturated heterocycles. The number of rotatable bonds is 6. The molecule has 1 aliphatic rings. The van der Waals surface area contributed by atoms with E-state index in [1.165, 1.54) is 16.9 Å². The third-order valence-electron chi connectivity index (χ3n) is 4.71. The first kappa shape index (κ1) is 19.4. The number of carbonyl (C=O) groups excluding carboxylic acids is 2. The molecule has 1 aliphatic heterocycles. The highest BCUT2D eigenvalue weighted by Gasteiger charge is 2.28. The minimum absolute atomic E-state index is 0.0108. The van der Waals surface area contributed by atoms with Crippen LogP contribution < -0.4 is 10.1 Å². The molecular weight excluding hydrogens is 362 g/mol. The largest absolute Gasteiger partial charge is 0.486 e. The van der Waals surface area contributed by atoms with E-state index in [1.807, 2.05) is 36.6 Å². The lowest BCUT2D eigenvalue weighted by molar-refractivity contribution is -0.135. The number of ether oxygens (including phenoxy) is 1. The average Bonchev–Trinajstić information content (AvgIpc) is 3.14. The molecule has 6 nitrogen and oxygen atoms in total. The number of benzene rings is 1. The molecule has 144 valence electrons. The fourth-order valence-electron chi connectivity index (χ4n) is 3.16. The number of thiazole rings is 1. The summed E-state index contributed by atoms with van der Waals surface area (Å²) in [7, 11) is 1.64. The van der Waals surface area contributed by atoms with Gasteiger partial charge in [-0.3, -0.25) is 9.59 Å². The summed E-state index contributed by atoms with van der Waals surface area (Å²) in [5.74, 6) is 0.736. The predicted octanol–water partition coefficient (Wildman–Crippen LogP) is 2.56. The molecule has 1 aromatic heterocycles. The van der Waals surface area contributed by atoms with Crippen LogP contribution in [-0.4, -0.2) is 41.8 Å². The average molecular weight is 388 g/mol. The van der Waals surface area contributed by atoms with Gasteiger partial charge in [0, 0.05) is 25.5 Å². The Morgan fingerprint density at radius 3 is 2.85 bits per heavy atom. The summed E-state index contributed by atoms with van der Waals surface area (Å²) in [5, 5.41) is 5.43.